The van der Waals surface area contributed by atoms with Crippen molar-refractivity contribution in [2.24, 2.45) is 11.8 Å². The van der Waals surface area contributed by atoms with Crippen LogP contribution in [-0.2, 0) is 42.9 Å². The average Bonchev–Trinajstić information content (AvgIpc) is 2.40. The molecule has 139 valence electrons. The molecule has 0 aromatic heterocycles. The van der Waals surface area contributed by atoms with Gasteiger partial charge in [-0.25, -0.2) is 0 Å². The Bertz CT molecular complexity index is 237. The second-order valence-corrected chi connectivity index (χ2v) is 5.17. The summed E-state index contributed by atoms with van der Waals surface area (Å²) in [4.78, 5) is 20.9. The Labute approximate surface area is 155 Å². The van der Waals surface area contributed by atoms with E-state index < -0.39 is 11.9 Å². The van der Waals surface area contributed by atoms with Gasteiger partial charge in [-0.2, -0.15) is 0 Å². The molecule has 2 N–H and O–H groups in total. The molecular formula is C16H32CoNiO4. The summed E-state index contributed by atoms with van der Waals surface area (Å²) in [6.45, 7) is 8.01. The van der Waals surface area contributed by atoms with E-state index in [4.69, 9.17) is 10.2 Å². The summed E-state index contributed by atoms with van der Waals surface area (Å²) >= 11 is 0. The number of hydrogen-bond donors (Lipinski definition) is 2. The van der Waals surface area contributed by atoms with Gasteiger partial charge in [0.05, 0.1) is 11.8 Å². The van der Waals surface area contributed by atoms with Crippen LogP contribution in [0.4, 0.5) is 0 Å². The third-order valence-corrected chi connectivity index (χ3v) is 3.50. The van der Waals surface area contributed by atoms with E-state index in [1.165, 1.54) is 0 Å². The minimum atomic E-state index is -0.643. The summed E-state index contributed by atoms with van der Waals surface area (Å²) in [5.41, 5.74) is 0. The maximum atomic E-state index is 10.4. The van der Waals surface area contributed by atoms with Crippen LogP contribution in [0.1, 0.15) is 79.1 Å². The Morgan fingerprint density at radius 1 is 0.773 bits per heavy atom. The van der Waals surface area contributed by atoms with Crippen molar-refractivity contribution in [3.63, 3.8) is 0 Å². The zero-order valence-corrected chi connectivity index (χ0v) is 16.2. The molecule has 0 rings (SSSR count). The van der Waals surface area contributed by atoms with E-state index in [2.05, 4.69) is 13.8 Å². The molecule has 0 aliphatic rings. The molecule has 0 bridgehead atoms. The maximum absolute atomic E-state index is 10.4. The Hall–Kier alpha value is -0.0600. The van der Waals surface area contributed by atoms with Crippen LogP contribution in [0.15, 0.2) is 0 Å². The minimum Gasteiger partial charge on any atom is -0.481 e. The van der Waals surface area contributed by atoms with Crippen molar-refractivity contribution < 1.29 is 53.1 Å². The summed E-state index contributed by atoms with van der Waals surface area (Å²) < 4.78 is 0. The first-order valence-electron chi connectivity index (χ1n) is 7.89. The van der Waals surface area contributed by atoms with Gasteiger partial charge in [0, 0.05) is 33.3 Å². The molecule has 0 spiro atoms. The van der Waals surface area contributed by atoms with Gasteiger partial charge in [0.1, 0.15) is 0 Å². The van der Waals surface area contributed by atoms with Gasteiger partial charge >= 0.3 is 11.9 Å². The molecule has 22 heavy (non-hydrogen) atoms. The van der Waals surface area contributed by atoms with E-state index >= 15 is 0 Å². The fraction of sp³-hybridized carbons (Fsp3) is 0.875. The first-order chi connectivity index (χ1) is 9.44. The van der Waals surface area contributed by atoms with Gasteiger partial charge in [-0.15, -0.1) is 0 Å². The second kappa shape index (κ2) is 20.9. The summed E-state index contributed by atoms with van der Waals surface area (Å²) in [5, 5.41) is 17.2. The molecule has 6 heteroatoms. The summed E-state index contributed by atoms with van der Waals surface area (Å²) in [6, 6.07) is 0. The topological polar surface area (TPSA) is 74.6 Å². The monoisotopic (exact) mass is 405 g/mol. The third-order valence-electron chi connectivity index (χ3n) is 3.50. The SMILES string of the molecule is CCCCC(CC)C(=O)O.CCCCC(CC)C(=O)O.[Co].[Ni]. The van der Waals surface area contributed by atoms with Crippen molar-refractivity contribution >= 4 is 11.9 Å². The number of hydrogen-bond acceptors (Lipinski definition) is 2. The maximum Gasteiger partial charge on any atom is 0.306 e. The minimum absolute atomic E-state index is 0. The van der Waals surface area contributed by atoms with E-state index in [9.17, 15) is 9.59 Å². The zero-order valence-electron chi connectivity index (χ0n) is 14.2. The molecule has 1 radical (unpaired) electrons. The van der Waals surface area contributed by atoms with Gasteiger partial charge < -0.3 is 10.2 Å². The van der Waals surface area contributed by atoms with Crippen molar-refractivity contribution in [3.8, 4) is 0 Å². The van der Waals surface area contributed by atoms with Crippen molar-refractivity contribution in [1.29, 1.82) is 0 Å². The largest absolute Gasteiger partial charge is 0.481 e. The number of carboxylic acids is 2. The third kappa shape index (κ3) is 18.0. The summed E-state index contributed by atoms with van der Waals surface area (Å²) in [6.07, 6.45) is 7.43. The normalized spacial score (nSPS) is 11.8. The van der Waals surface area contributed by atoms with Crippen molar-refractivity contribution in [1.82, 2.24) is 0 Å². The molecule has 0 aromatic carbocycles. The van der Waals surface area contributed by atoms with Crippen LogP contribution in [0.25, 0.3) is 0 Å². The van der Waals surface area contributed by atoms with Crippen LogP contribution in [0.2, 0.25) is 0 Å². The molecule has 2 unspecified atom stereocenters. The second-order valence-electron chi connectivity index (χ2n) is 5.17. The molecule has 0 saturated heterocycles. The number of carboxylic acid groups (broad SMARTS) is 2. The van der Waals surface area contributed by atoms with Crippen LogP contribution in [0, 0.1) is 11.8 Å². The molecular weight excluding hydrogens is 374 g/mol. The molecule has 0 fully saturated rings. The van der Waals surface area contributed by atoms with Crippen molar-refractivity contribution in [2.45, 2.75) is 79.1 Å². The number of aliphatic carboxylic acids is 2. The predicted molar refractivity (Wildman–Crippen MR) is 81.9 cm³/mol. The number of carbonyl (C=O) groups is 2. The first kappa shape index (κ1) is 29.9. The Kier molecular flexibility index (Phi) is 28.5. The molecule has 4 nitrogen and oxygen atoms in total. The van der Waals surface area contributed by atoms with Gasteiger partial charge in [0.2, 0.25) is 0 Å². The van der Waals surface area contributed by atoms with Crippen LogP contribution < -0.4 is 0 Å². The standard InChI is InChI=1S/2C8H16O2.Co.Ni/c2*1-3-5-6-7(4-2)8(9)10;;/h2*7H,3-6H2,1-2H3,(H,9,10);;. The number of unbranched alkanes of at least 4 members (excludes halogenated alkanes) is 2. The quantitative estimate of drug-likeness (QED) is 0.522. The van der Waals surface area contributed by atoms with Gasteiger partial charge in [-0.3, -0.25) is 9.59 Å². The molecule has 0 aliphatic heterocycles. The van der Waals surface area contributed by atoms with Crippen LogP contribution in [0.3, 0.4) is 0 Å². The average molecular weight is 406 g/mol. The van der Waals surface area contributed by atoms with E-state index in [1.807, 2.05) is 13.8 Å². The van der Waals surface area contributed by atoms with Crippen LogP contribution >= 0.6 is 0 Å². The summed E-state index contributed by atoms with van der Waals surface area (Å²) in [5.74, 6) is -1.51. The van der Waals surface area contributed by atoms with E-state index in [-0.39, 0.29) is 45.1 Å². The fourth-order valence-electron chi connectivity index (χ4n) is 1.91. The van der Waals surface area contributed by atoms with E-state index in [0.29, 0.717) is 0 Å². The van der Waals surface area contributed by atoms with Crippen molar-refractivity contribution in [3.05, 3.63) is 0 Å². The molecule has 0 heterocycles. The van der Waals surface area contributed by atoms with Gasteiger partial charge in [0.25, 0.3) is 0 Å². The Morgan fingerprint density at radius 3 is 1.18 bits per heavy atom. The molecule has 0 aromatic rings. The Balaban J connectivity index is -0.000000135. The smallest absolute Gasteiger partial charge is 0.306 e. The first-order valence-corrected chi connectivity index (χ1v) is 7.89. The van der Waals surface area contributed by atoms with Crippen LogP contribution in [0.5, 0.6) is 0 Å². The number of rotatable bonds is 10. The van der Waals surface area contributed by atoms with E-state index in [1.54, 1.807) is 0 Å². The predicted octanol–water partition coefficient (Wildman–Crippen LogP) is 4.57. The molecule has 0 saturated carbocycles. The molecule has 2 atom stereocenters. The van der Waals surface area contributed by atoms with Crippen LogP contribution in [-0.4, -0.2) is 22.2 Å². The van der Waals surface area contributed by atoms with E-state index in [0.717, 1.165) is 51.4 Å². The Morgan fingerprint density at radius 2 is 1.05 bits per heavy atom. The summed E-state index contributed by atoms with van der Waals surface area (Å²) in [7, 11) is 0. The van der Waals surface area contributed by atoms with Gasteiger partial charge in [-0.05, 0) is 25.7 Å². The molecule has 0 aliphatic carbocycles. The van der Waals surface area contributed by atoms with Gasteiger partial charge in [0.15, 0.2) is 0 Å². The molecule has 0 amide bonds. The fourth-order valence-corrected chi connectivity index (χ4v) is 1.91. The van der Waals surface area contributed by atoms with Gasteiger partial charge in [-0.1, -0.05) is 53.4 Å². The zero-order chi connectivity index (χ0) is 16.0. The van der Waals surface area contributed by atoms with Crippen molar-refractivity contribution in [2.75, 3.05) is 0 Å².